The molecule has 0 bridgehead atoms. The van der Waals surface area contributed by atoms with Crippen LogP contribution in [0.2, 0.25) is 0 Å². The zero-order valence-electron chi connectivity index (χ0n) is 11.6. The number of pyridine rings is 1. The lowest BCUT2D eigenvalue weighted by Crippen LogP contribution is -2.11. The van der Waals surface area contributed by atoms with Gasteiger partial charge in [-0.15, -0.1) is 0 Å². The second-order valence-corrected chi connectivity index (χ2v) is 4.75. The van der Waals surface area contributed by atoms with Crippen LogP contribution in [0.3, 0.4) is 0 Å². The third-order valence-electron chi connectivity index (χ3n) is 3.31. The molecule has 1 amide bonds. The first-order valence-electron chi connectivity index (χ1n) is 6.63. The number of nitrogens with zero attached hydrogens (tertiary/aromatic N) is 1. The number of rotatable bonds is 3. The summed E-state index contributed by atoms with van der Waals surface area (Å²) in [4.78, 5) is 16.6. The molecular weight excluding hydrogens is 266 g/mol. The molecule has 2 aromatic heterocycles. The standard InChI is InChI=1S/C16H15N3O2/c1-10-4-6-13(12-3-2-8-18-15(10)12)19-16(20)14-7-5-11(9-17)21-14/h2-8H,9,17H2,1H3,(H,19,20). The van der Waals surface area contributed by atoms with E-state index >= 15 is 0 Å². The van der Waals surface area contributed by atoms with Crippen molar-refractivity contribution in [3.8, 4) is 0 Å². The molecule has 3 N–H and O–H groups in total. The molecule has 0 radical (unpaired) electrons. The van der Waals surface area contributed by atoms with Crippen LogP contribution in [0, 0.1) is 6.92 Å². The van der Waals surface area contributed by atoms with Crippen molar-refractivity contribution >= 4 is 22.5 Å². The highest BCUT2D eigenvalue weighted by Gasteiger charge is 2.13. The Labute approximate surface area is 121 Å². The van der Waals surface area contributed by atoms with Crippen LogP contribution >= 0.6 is 0 Å². The molecule has 0 fully saturated rings. The lowest BCUT2D eigenvalue weighted by Gasteiger charge is -2.08. The first-order chi connectivity index (χ1) is 10.2. The molecule has 0 saturated carbocycles. The maximum atomic E-state index is 12.2. The molecule has 0 aliphatic rings. The van der Waals surface area contributed by atoms with Crippen LogP contribution in [-0.2, 0) is 6.54 Å². The zero-order valence-corrected chi connectivity index (χ0v) is 11.6. The van der Waals surface area contributed by atoms with Gasteiger partial charge in [0.25, 0.3) is 5.91 Å². The maximum absolute atomic E-state index is 12.2. The zero-order chi connectivity index (χ0) is 14.8. The summed E-state index contributed by atoms with van der Waals surface area (Å²) >= 11 is 0. The predicted octanol–water partition coefficient (Wildman–Crippen LogP) is 2.85. The first-order valence-corrected chi connectivity index (χ1v) is 6.63. The van der Waals surface area contributed by atoms with Crippen molar-refractivity contribution in [2.75, 3.05) is 5.32 Å². The van der Waals surface area contributed by atoms with E-state index in [-0.39, 0.29) is 18.2 Å². The second-order valence-electron chi connectivity index (χ2n) is 4.75. The number of anilines is 1. The van der Waals surface area contributed by atoms with Gasteiger partial charge in [-0.25, -0.2) is 0 Å². The number of fused-ring (bicyclic) bond motifs is 1. The van der Waals surface area contributed by atoms with Crippen molar-refractivity contribution in [1.82, 2.24) is 4.98 Å². The van der Waals surface area contributed by atoms with Gasteiger partial charge in [0.2, 0.25) is 0 Å². The van der Waals surface area contributed by atoms with Gasteiger partial charge in [0.1, 0.15) is 5.76 Å². The monoisotopic (exact) mass is 281 g/mol. The smallest absolute Gasteiger partial charge is 0.291 e. The number of hydrogen-bond acceptors (Lipinski definition) is 4. The van der Waals surface area contributed by atoms with Crippen LogP contribution in [0.4, 0.5) is 5.69 Å². The Balaban J connectivity index is 1.95. The van der Waals surface area contributed by atoms with Crippen molar-refractivity contribution < 1.29 is 9.21 Å². The van der Waals surface area contributed by atoms with Gasteiger partial charge in [0, 0.05) is 11.6 Å². The number of carbonyl (C=O) groups excluding carboxylic acids is 1. The fourth-order valence-corrected chi connectivity index (χ4v) is 2.22. The molecule has 1 aromatic carbocycles. The quantitative estimate of drug-likeness (QED) is 0.773. The van der Waals surface area contributed by atoms with Gasteiger partial charge in [0.05, 0.1) is 17.7 Å². The van der Waals surface area contributed by atoms with Crippen molar-refractivity contribution in [1.29, 1.82) is 0 Å². The maximum Gasteiger partial charge on any atom is 0.291 e. The van der Waals surface area contributed by atoms with Crippen molar-refractivity contribution in [3.05, 3.63) is 59.7 Å². The van der Waals surface area contributed by atoms with Crippen LogP contribution in [-0.4, -0.2) is 10.9 Å². The average Bonchev–Trinajstić information content (AvgIpc) is 2.99. The Kier molecular flexibility index (Phi) is 3.41. The van der Waals surface area contributed by atoms with Gasteiger partial charge in [-0.3, -0.25) is 9.78 Å². The number of aromatic nitrogens is 1. The number of carbonyl (C=O) groups is 1. The summed E-state index contributed by atoms with van der Waals surface area (Å²) in [6.45, 7) is 2.26. The average molecular weight is 281 g/mol. The summed E-state index contributed by atoms with van der Waals surface area (Å²) in [5.74, 6) is 0.521. The topological polar surface area (TPSA) is 81.2 Å². The highest BCUT2D eigenvalue weighted by molar-refractivity contribution is 6.07. The van der Waals surface area contributed by atoms with Gasteiger partial charge in [-0.1, -0.05) is 6.07 Å². The minimum absolute atomic E-state index is 0.244. The van der Waals surface area contributed by atoms with E-state index < -0.39 is 0 Å². The van der Waals surface area contributed by atoms with Crippen LogP contribution in [0.1, 0.15) is 21.9 Å². The SMILES string of the molecule is Cc1ccc(NC(=O)c2ccc(CN)o2)c2cccnc12. The molecule has 21 heavy (non-hydrogen) atoms. The van der Waals surface area contributed by atoms with Gasteiger partial charge in [-0.2, -0.15) is 0 Å². The molecule has 0 unspecified atom stereocenters. The number of nitrogens with one attached hydrogen (secondary N) is 1. The normalized spacial score (nSPS) is 10.8. The molecule has 0 spiro atoms. The third kappa shape index (κ3) is 2.51. The van der Waals surface area contributed by atoms with E-state index in [1.165, 1.54) is 0 Å². The van der Waals surface area contributed by atoms with Crippen LogP contribution < -0.4 is 11.1 Å². The summed E-state index contributed by atoms with van der Waals surface area (Å²) < 4.78 is 5.35. The molecule has 0 saturated heterocycles. The van der Waals surface area contributed by atoms with Gasteiger partial charge in [0.15, 0.2) is 5.76 Å². The highest BCUT2D eigenvalue weighted by Crippen LogP contribution is 2.25. The summed E-state index contributed by atoms with van der Waals surface area (Å²) in [5, 5.41) is 3.75. The first kappa shape index (κ1) is 13.3. The lowest BCUT2D eigenvalue weighted by atomic mass is 10.1. The summed E-state index contributed by atoms with van der Waals surface area (Å²) in [6.07, 6.45) is 1.74. The summed E-state index contributed by atoms with van der Waals surface area (Å²) in [6, 6.07) is 10.9. The molecule has 3 aromatic rings. The van der Waals surface area contributed by atoms with Crippen molar-refractivity contribution in [3.63, 3.8) is 0 Å². The Morgan fingerprint density at radius 1 is 1.29 bits per heavy atom. The lowest BCUT2D eigenvalue weighted by molar-refractivity contribution is 0.0995. The van der Waals surface area contributed by atoms with Crippen molar-refractivity contribution in [2.45, 2.75) is 13.5 Å². The molecular formula is C16H15N3O2. The molecule has 3 rings (SSSR count). The fraction of sp³-hybridized carbons (Fsp3) is 0.125. The number of benzene rings is 1. The number of hydrogen-bond donors (Lipinski definition) is 2. The Hall–Kier alpha value is -2.66. The minimum atomic E-state index is -0.302. The van der Waals surface area contributed by atoms with E-state index in [2.05, 4.69) is 10.3 Å². The predicted molar refractivity (Wildman–Crippen MR) is 81.0 cm³/mol. The summed E-state index contributed by atoms with van der Waals surface area (Å²) in [7, 11) is 0. The molecule has 5 heteroatoms. The largest absolute Gasteiger partial charge is 0.455 e. The summed E-state index contributed by atoms with van der Waals surface area (Å²) in [5.41, 5.74) is 8.12. The van der Waals surface area contributed by atoms with Gasteiger partial charge < -0.3 is 15.5 Å². The van der Waals surface area contributed by atoms with Crippen molar-refractivity contribution in [2.24, 2.45) is 5.73 Å². The van der Waals surface area contributed by atoms with Gasteiger partial charge >= 0.3 is 0 Å². The molecule has 106 valence electrons. The van der Waals surface area contributed by atoms with Crippen LogP contribution in [0.5, 0.6) is 0 Å². The van der Waals surface area contributed by atoms with E-state index in [0.717, 1.165) is 16.5 Å². The number of nitrogens with two attached hydrogens (primary N) is 1. The number of amides is 1. The van der Waals surface area contributed by atoms with Crippen LogP contribution in [0.25, 0.3) is 10.9 Å². The molecule has 0 atom stereocenters. The molecule has 5 nitrogen and oxygen atoms in total. The second kappa shape index (κ2) is 5.38. The molecule has 0 aliphatic carbocycles. The van der Waals surface area contributed by atoms with E-state index in [1.54, 1.807) is 18.3 Å². The number of furan rings is 1. The minimum Gasteiger partial charge on any atom is -0.455 e. The number of aryl methyl sites for hydroxylation is 1. The van der Waals surface area contributed by atoms with E-state index in [1.807, 2.05) is 31.2 Å². The highest BCUT2D eigenvalue weighted by atomic mass is 16.4. The Bertz CT molecular complexity index is 808. The molecule has 0 aliphatic heterocycles. The Morgan fingerprint density at radius 3 is 2.90 bits per heavy atom. The van der Waals surface area contributed by atoms with Gasteiger partial charge in [-0.05, 0) is 42.8 Å². The van der Waals surface area contributed by atoms with E-state index in [0.29, 0.717) is 11.4 Å². The third-order valence-corrected chi connectivity index (χ3v) is 3.31. The van der Waals surface area contributed by atoms with E-state index in [9.17, 15) is 4.79 Å². The van der Waals surface area contributed by atoms with E-state index in [4.69, 9.17) is 10.2 Å². The molecule has 2 heterocycles. The fourth-order valence-electron chi connectivity index (χ4n) is 2.22. The van der Waals surface area contributed by atoms with Crippen LogP contribution in [0.15, 0.2) is 47.0 Å². The Morgan fingerprint density at radius 2 is 2.14 bits per heavy atom.